The van der Waals surface area contributed by atoms with E-state index in [1.54, 1.807) is 18.2 Å². The van der Waals surface area contributed by atoms with Gasteiger partial charge in [0.15, 0.2) is 0 Å². The van der Waals surface area contributed by atoms with Gasteiger partial charge in [0, 0.05) is 10.2 Å². The van der Waals surface area contributed by atoms with Crippen LogP contribution in [0.25, 0.3) is 0 Å². The van der Waals surface area contributed by atoms with Crippen LogP contribution in [0.1, 0.15) is 0 Å². The monoisotopic (exact) mass is 360 g/mol. The number of halogens is 2. The standard InChI is InChI=1S/C12H10BrClN2O2S/c13-8-1-6-11(14)12(7-8)16-19(17,18)10-4-2-9(15)3-5-10/h1-7,16H,15H2. The molecule has 0 fully saturated rings. The van der Waals surface area contributed by atoms with Crippen molar-refractivity contribution in [3.05, 3.63) is 52.0 Å². The van der Waals surface area contributed by atoms with Gasteiger partial charge < -0.3 is 5.73 Å². The highest BCUT2D eigenvalue weighted by molar-refractivity contribution is 9.10. The molecule has 4 nitrogen and oxygen atoms in total. The van der Waals surface area contributed by atoms with Gasteiger partial charge in [-0.2, -0.15) is 0 Å². The van der Waals surface area contributed by atoms with Crippen LogP contribution < -0.4 is 10.5 Å². The van der Waals surface area contributed by atoms with Crippen LogP contribution in [0.5, 0.6) is 0 Å². The maximum atomic E-state index is 12.2. The van der Waals surface area contributed by atoms with Crippen LogP contribution in [0.15, 0.2) is 51.8 Å². The Balaban J connectivity index is 2.36. The molecule has 0 saturated heterocycles. The predicted octanol–water partition coefficient (Wildman–Crippen LogP) is 3.49. The molecule has 3 N–H and O–H groups in total. The molecule has 0 aromatic heterocycles. The Morgan fingerprint density at radius 3 is 2.37 bits per heavy atom. The topological polar surface area (TPSA) is 72.2 Å². The number of rotatable bonds is 3. The van der Waals surface area contributed by atoms with Crippen LogP contribution in [-0.2, 0) is 10.0 Å². The van der Waals surface area contributed by atoms with Crippen LogP contribution in [0.4, 0.5) is 11.4 Å². The van der Waals surface area contributed by atoms with E-state index in [-0.39, 0.29) is 4.90 Å². The number of hydrogen-bond acceptors (Lipinski definition) is 3. The Labute approximate surface area is 124 Å². The maximum absolute atomic E-state index is 12.2. The van der Waals surface area contributed by atoms with Gasteiger partial charge in [0.25, 0.3) is 10.0 Å². The molecule has 0 radical (unpaired) electrons. The summed E-state index contributed by atoms with van der Waals surface area (Å²) in [5, 5.41) is 0.322. The van der Waals surface area contributed by atoms with E-state index in [1.807, 2.05) is 0 Å². The van der Waals surface area contributed by atoms with E-state index < -0.39 is 10.0 Å². The number of sulfonamides is 1. The number of benzene rings is 2. The molecule has 2 rings (SSSR count). The lowest BCUT2D eigenvalue weighted by Gasteiger charge is -2.10. The zero-order valence-electron chi connectivity index (χ0n) is 9.60. The van der Waals surface area contributed by atoms with Crippen LogP contribution >= 0.6 is 27.5 Å². The van der Waals surface area contributed by atoms with Gasteiger partial charge in [-0.25, -0.2) is 8.42 Å². The summed E-state index contributed by atoms with van der Waals surface area (Å²) in [6.45, 7) is 0. The molecule has 0 atom stereocenters. The van der Waals surface area contributed by atoms with Crippen LogP contribution in [0.3, 0.4) is 0 Å². The summed E-state index contributed by atoms with van der Waals surface area (Å²) in [5.74, 6) is 0. The summed E-state index contributed by atoms with van der Waals surface area (Å²) in [5.41, 5.74) is 6.34. The van der Waals surface area contributed by atoms with Crippen LogP contribution in [-0.4, -0.2) is 8.42 Å². The van der Waals surface area contributed by atoms with Gasteiger partial charge in [0.1, 0.15) is 0 Å². The van der Waals surface area contributed by atoms with Gasteiger partial charge in [-0.15, -0.1) is 0 Å². The molecule has 0 bridgehead atoms. The van der Waals surface area contributed by atoms with Crippen LogP contribution in [0, 0.1) is 0 Å². The fourth-order valence-corrected chi connectivity index (χ4v) is 3.08. The van der Waals surface area contributed by atoms with Crippen molar-refractivity contribution >= 4 is 48.9 Å². The van der Waals surface area contributed by atoms with E-state index in [0.29, 0.717) is 16.4 Å². The van der Waals surface area contributed by atoms with Crippen molar-refractivity contribution in [3.63, 3.8) is 0 Å². The van der Waals surface area contributed by atoms with Gasteiger partial charge in [-0.05, 0) is 42.5 Å². The fourth-order valence-electron chi connectivity index (χ4n) is 1.43. The van der Waals surface area contributed by atoms with Gasteiger partial charge in [-0.3, -0.25) is 4.72 Å². The van der Waals surface area contributed by atoms with Crippen molar-refractivity contribution < 1.29 is 8.42 Å². The zero-order valence-corrected chi connectivity index (χ0v) is 12.8. The third-order valence-electron chi connectivity index (χ3n) is 2.36. The number of nitrogens with two attached hydrogens (primary N) is 1. The van der Waals surface area contributed by atoms with Crippen molar-refractivity contribution in [2.45, 2.75) is 4.90 Å². The third kappa shape index (κ3) is 3.40. The molecule has 2 aromatic rings. The molecule has 2 aromatic carbocycles. The maximum Gasteiger partial charge on any atom is 0.261 e. The van der Waals surface area contributed by atoms with Crippen molar-refractivity contribution in [2.24, 2.45) is 0 Å². The van der Waals surface area contributed by atoms with Gasteiger partial charge in [0.05, 0.1) is 15.6 Å². The molecule has 0 heterocycles. The lowest BCUT2D eigenvalue weighted by atomic mass is 10.3. The molecule has 100 valence electrons. The molecule has 7 heteroatoms. The molecule has 0 amide bonds. The van der Waals surface area contributed by atoms with E-state index in [4.69, 9.17) is 17.3 Å². The first-order valence-corrected chi connectivity index (χ1v) is 7.87. The summed E-state index contributed by atoms with van der Waals surface area (Å²) in [6, 6.07) is 10.8. The first-order valence-electron chi connectivity index (χ1n) is 5.22. The summed E-state index contributed by atoms with van der Waals surface area (Å²) < 4.78 is 27.5. The summed E-state index contributed by atoms with van der Waals surface area (Å²) >= 11 is 9.21. The Morgan fingerprint density at radius 1 is 1.11 bits per heavy atom. The Hall–Kier alpha value is -1.24. The second kappa shape index (κ2) is 5.40. The van der Waals surface area contributed by atoms with Gasteiger partial charge >= 0.3 is 0 Å². The number of nitrogen functional groups attached to an aromatic ring is 1. The smallest absolute Gasteiger partial charge is 0.261 e. The summed E-state index contributed by atoms with van der Waals surface area (Å²) in [6.07, 6.45) is 0. The lowest BCUT2D eigenvalue weighted by Crippen LogP contribution is -2.13. The van der Waals surface area contributed by atoms with Gasteiger partial charge in [-0.1, -0.05) is 27.5 Å². The molecule has 0 saturated carbocycles. The average Bonchev–Trinajstić information content (AvgIpc) is 2.34. The Bertz CT molecular complexity index is 702. The average molecular weight is 362 g/mol. The zero-order chi connectivity index (χ0) is 14.0. The molecule has 0 aliphatic heterocycles. The predicted molar refractivity (Wildman–Crippen MR) is 80.8 cm³/mol. The minimum Gasteiger partial charge on any atom is -0.399 e. The van der Waals surface area contributed by atoms with Gasteiger partial charge in [0.2, 0.25) is 0 Å². The second-order valence-corrected chi connectivity index (χ2v) is 6.80. The van der Waals surface area contributed by atoms with E-state index in [0.717, 1.165) is 4.47 Å². The quantitative estimate of drug-likeness (QED) is 0.822. The number of hydrogen-bond donors (Lipinski definition) is 2. The minimum absolute atomic E-state index is 0.123. The summed E-state index contributed by atoms with van der Waals surface area (Å²) in [4.78, 5) is 0.123. The first-order chi connectivity index (χ1) is 8.88. The highest BCUT2D eigenvalue weighted by Crippen LogP contribution is 2.28. The largest absolute Gasteiger partial charge is 0.399 e. The van der Waals surface area contributed by atoms with Crippen molar-refractivity contribution in [1.29, 1.82) is 0 Å². The molecule has 0 aliphatic rings. The molecule has 0 aliphatic carbocycles. The molecule has 0 spiro atoms. The molecular formula is C12H10BrClN2O2S. The SMILES string of the molecule is Nc1ccc(S(=O)(=O)Nc2cc(Br)ccc2Cl)cc1. The second-order valence-electron chi connectivity index (χ2n) is 3.80. The van der Waals surface area contributed by atoms with E-state index >= 15 is 0 Å². The summed E-state index contributed by atoms with van der Waals surface area (Å²) in [7, 11) is -3.68. The number of nitrogens with one attached hydrogen (secondary N) is 1. The van der Waals surface area contributed by atoms with E-state index in [2.05, 4.69) is 20.7 Å². The lowest BCUT2D eigenvalue weighted by molar-refractivity contribution is 0.601. The Morgan fingerprint density at radius 2 is 1.74 bits per heavy atom. The minimum atomic E-state index is -3.68. The number of anilines is 2. The molecule has 0 unspecified atom stereocenters. The van der Waals surface area contributed by atoms with Crippen molar-refractivity contribution in [1.82, 2.24) is 0 Å². The fraction of sp³-hybridized carbons (Fsp3) is 0. The highest BCUT2D eigenvalue weighted by atomic mass is 79.9. The first kappa shape index (κ1) is 14.2. The van der Waals surface area contributed by atoms with E-state index in [1.165, 1.54) is 24.3 Å². The highest BCUT2D eigenvalue weighted by Gasteiger charge is 2.15. The van der Waals surface area contributed by atoms with Crippen molar-refractivity contribution in [3.8, 4) is 0 Å². The normalized spacial score (nSPS) is 11.3. The van der Waals surface area contributed by atoms with Crippen molar-refractivity contribution in [2.75, 3.05) is 10.5 Å². The molecule has 19 heavy (non-hydrogen) atoms. The van der Waals surface area contributed by atoms with E-state index in [9.17, 15) is 8.42 Å². The molecular weight excluding hydrogens is 352 g/mol. The third-order valence-corrected chi connectivity index (χ3v) is 4.57. The van der Waals surface area contributed by atoms with Crippen LogP contribution in [0.2, 0.25) is 5.02 Å². The Kier molecular flexibility index (Phi) is 4.03.